The lowest BCUT2D eigenvalue weighted by molar-refractivity contribution is -0.0948. The third-order valence-corrected chi connectivity index (χ3v) is 4.83. The number of aromatic nitrogens is 1. The van der Waals surface area contributed by atoms with Crippen molar-refractivity contribution in [2.75, 3.05) is 20.3 Å². The Hall–Kier alpha value is -1.40. The molecule has 1 amide bonds. The topological polar surface area (TPSA) is 64.8 Å². The maximum Gasteiger partial charge on any atom is 0.276 e. The van der Waals surface area contributed by atoms with Crippen LogP contribution in [0.4, 0.5) is 0 Å². The normalized spacial score (nSPS) is 32.2. The lowest BCUT2D eigenvalue weighted by Gasteiger charge is -2.38. The smallest absolute Gasteiger partial charge is 0.276 e. The van der Waals surface area contributed by atoms with Crippen molar-refractivity contribution in [2.45, 2.75) is 49.9 Å². The van der Waals surface area contributed by atoms with E-state index in [4.69, 9.17) is 14.0 Å². The zero-order valence-corrected chi connectivity index (χ0v) is 12.2. The van der Waals surface area contributed by atoms with Gasteiger partial charge in [-0.05, 0) is 25.7 Å². The van der Waals surface area contributed by atoms with E-state index in [1.165, 1.54) is 0 Å². The van der Waals surface area contributed by atoms with E-state index in [2.05, 4.69) is 5.16 Å². The van der Waals surface area contributed by atoms with E-state index < -0.39 is 0 Å². The second kappa shape index (κ2) is 5.10. The molecule has 0 unspecified atom stereocenters. The first kappa shape index (κ1) is 13.3. The first-order valence-corrected chi connectivity index (χ1v) is 7.70. The molecule has 0 N–H and O–H groups in total. The first-order valence-electron chi connectivity index (χ1n) is 7.70. The molecule has 3 fully saturated rings. The third-order valence-electron chi connectivity index (χ3n) is 4.83. The molecule has 4 rings (SSSR count). The molecule has 1 aromatic heterocycles. The maximum atomic E-state index is 12.7. The minimum Gasteiger partial charge on any atom is -0.379 e. The van der Waals surface area contributed by atoms with Gasteiger partial charge in [0.05, 0.1) is 18.8 Å². The van der Waals surface area contributed by atoms with E-state index in [0.29, 0.717) is 24.8 Å². The monoisotopic (exact) mass is 292 g/mol. The Bertz CT molecular complexity index is 540. The standard InChI is InChI=1S/C15H20N2O4/c1-19-12-5-4-11-14(12)20-7-6-17(11)15(18)10-8-13(21-16-10)9-2-3-9/h8-9,11-12,14H,2-7H2,1H3/t11-,12+,14+/m0/s1. The molecule has 21 heavy (non-hydrogen) atoms. The molecular formula is C15H20N2O4. The molecule has 1 aromatic rings. The second-order valence-electron chi connectivity index (χ2n) is 6.14. The summed E-state index contributed by atoms with van der Waals surface area (Å²) in [5.74, 6) is 1.28. The fourth-order valence-corrected chi connectivity index (χ4v) is 3.52. The van der Waals surface area contributed by atoms with Gasteiger partial charge in [0.2, 0.25) is 0 Å². The molecule has 2 heterocycles. The van der Waals surface area contributed by atoms with Crippen molar-refractivity contribution < 1.29 is 18.8 Å². The van der Waals surface area contributed by atoms with Gasteiger partial charge in [-0.2, -0.15) is 0 Å². The Kier molecular flexibility index (Phi) is 3.23. The molecule has 2 saturated carbocycles. The predicted octanol–water partition coefficient (Wildman–Crippen LogP) is 1.57. The highest BCUT2D eigenvalue weighted by molar-refractivity contribution is 5.92. The molecule has 1 aliphatic heterocycles. The summed E-state index contributed by atoms with van der Waals surface area (Å²) >= 11 is 0. The van der Waals surface area contributed by atoms with Crippen LogP contribution < -0.4 is 0 Å². The summed E-state index contributed by atoms with van der Waals surface area (Å²) in [6, 6.07) is 1.91. The fourth-order valence-electron chi connectivity index (χ4n) is 3.52. The van der Waals surface area contributed by atoms with E-state index in [1.807, 2.05) is 11.0 Å². The number of hydrogen-bond acceptors (Lipinski definition) is 5. The summed E-state index contributed by atoms with van der Waals surface area (Å²) in [4.78, 5) is 14.6. The van der Waals surface area contributed by atoms with Gasteiger partial charge in [0.25, 0.3) is 5.91 Å². The van der Waals surface area contributed by atoms with Crippen molar-refractivity contribution in [2.24, 2.45) is 0 Å². The summed E-state index contributed by atoms with van der Waals surface area (Å²) in [7, 11) is 1.71. The summed E-state index contributed by atoms with van der Waals surface area (Å²) < 4.78 is 16.6. The molecule has 0 radical (unpaired) electrons. The van der Waals surface area contributed by atoms with Crippen molar-refractivity contribution in [1.29, 1.82) is 0 Å². The second-order valence-corrected chi connectivity index (χ2v) is 6.14. The largest absolute Gasteiger partial charge is 0.379 e. The number of ether oxygens (including phenoxy) is 2. The molecule has 0 aromatic carbocycles. The van der Waals surface area contributed by atoms with Crippen molar-refractivity contribution in [3.8, 4) is 0 Å². The minimum absolute atomic E-state index is 0.0116. The minimum atomic E-state index is -0.0410. The van der Waals surface area contributed by atoms with Crippen molar-refractivity contribution in [3.63, 3.8) is 0 Å². The quantitative estimate of drug-likeness (QED) is 0.846. The molecule has 2 aliphatic carbocycles. The van der Waals surface area contributed by atoms with E-state index in [1.54, 1.807) is 7.11 Å². The van der Waals surface area contributed by atoms with Crippen LogP contribution in [0.15, 0.2) is 10.6 Å². The summed E-state index contributed by atoms with van der Waals surface area (Å²) in [6.07, 6.45) is 4.21. The number of nitrogens with zero attached hydrogens (tertiary/aromatic N) is 2. The molecule has 0 bridgehead atoms. The molecular weight excluding hydrogens is 272 g/mol. The summed E-state index contributed by atoms with van der Waals surface area (Å²) in [5, 5.41) is 3.97. The van der Waals surface area contributed by atoms with Crippen molar-refractivity contribution >= 4 is 5.91 Å². The van der Waals surface area contributed by atoms with Crippen LogP contribution in [0.2, 0.25) is 0 Å². The Morgan fingerprint density at radius 3 is 3.00 bits per heavy atom. The highest BCUT2D eigenvalue weighted by Crippen LogP contribution is 2.40. The van der Waals surface area contributed by atoms with Crippen LogP contribution in [0, 0.1) is 0 Å². The molecule has 1 saturated heterocycles. The number of fused-ring (bicyclic) bond motifs is 1. The molecule has 6 heteroatoms. The maximum absolute atomic E-state index is 12.7. The van der Waals surface area contributed by atoms with Crippen LogP contribution in [0.25, 0.3) is 0 Å². The lowest BCUT2D eigenvalue weighted by Crippen LogP contribution is -2.53. The fraction of sp³-hybridized carbons (Fsp3) is 0.733. The summed E-state index contributed by atoms with van der Waals surface area (Å²) in [6.45, 7) is 1.17. The van der Waals surface area contributed by atoms with Gasteiger partial charge >= 0.3 is 0 Å². The Morgan fingerprint density at radius 2 is 2.24 bits per heavy atom. The number of hydrogen-bond donors (Lipinski definition) is 0. The summed E-state index contributed by atoms with van der Waals surface area (Å²) in [5.41, 5.74) is 0.429. The Balaban J connectivity index is 1.52. The van der Waals surface area contributed by atoms with Gasteiger partial charge in [0, 0.05) is 25.6 Å². The van der Waals surface area contributed by atoms with Gasteiger partial charge in [-0.15, -0.1) is 0 Å². The Morgan fingerprint density at radius 1 is 1.38 bits per heavy atom. The lowest BCUT2D eigenvalue weighted by atomic mass is 10.1. The third kappa shape index (κ3) is 2.26. The number of methoxy groups -OCH3 is 1. The van der Waals surface area contributed by atoms with Crippen LogP contribution >= 0.6 is 0 Å². The van der Waals surface area contributed by atoms with Crippen molar-refractivity contribution in [1.82, 2.24) is 10.1 Å². The molecule has 3 aliphatic rings. The van der Waals surface area contributed by atoms with E-state index in [-0.39, 0.29) is 24.2 Å². The number of carbonyl (C=O) groups excluding carboxylic acids is 1. The van der Waals surface area contributed by atoms with Gasteiger partial charge in [0.15, 0.2) is 5.69 Å². The number of amides is 1. The number of rotatable bonds is 3. The first-order chi connectivity index (χ1) is 10.3. The van der Waals surface area contributed by atoms with Gasteiger partial charge in [-0.3, -0.25) is 4.79 Å². The zero-order valence-electron chi connectivity index (χ0n) is 12.2. The van der Waals surface area contributed by atoms with E-state index in [0.717, 1.165) is 31.4 Å². The highest BCUT2D eigenvalue weighted by Gasteiger charge is 2.45. The molecule has 114 valence electrons. The highest BCUT2D eigenvalue weighted by atomic mass is 16.5. The molecule has 6 nitrogen and oxygen atoms in total. The predicted molar refractivity (Wildman–Crippen MR) is 73.1 cm³/mol. The van der Waals surface area contributed by atoms with E-state index in [9.17, 15) is 4.79 Å². The average Bonchev–Trinajstić information content (AvgIpc) is 3.10. The Labute approximate surface area is 123 Å². The van der Waals surface area contributed by atoms with Gasteiger partial charge in [-0.25, -0.2) is 0 Å². The molecule has 3 atom stereocenters. The van der Waals surface area contributed by atoms with Gasteiger partial charge < -0.3 is 18.9 Å². The van der Waals surface area contributed by atoms with Crippen LogP contribution in [-0.4, -0.2) is 54.5 Å². The van der Waals surface area contributed by atoms with Crippen LogP contribution in [0.1, 0.15) is 47.8 Å². The van der Waals surface area contributed by atoms with Crippen LogP contribution in [0.3, 0.4) is 0 Å². The molecule has 0 spiro atoms. The van der Waals surface area contributed by atoms with Crippen LogP contribution in [0.5, 0.6) is 0 Å². The number of carbonyl (C=O) groups is 1. The van der Waals surface area contributed by atoms with E-state index >= 15 is 0 Å². The number of morpholine rings is 1. The van der Waals surface area contributed by atoms with Gasteiger partial charge in [-0.1, -0.05) is 5.16 Å². The van der Waals surface area contributed by atoms with Crippen LogP contribution in [-0.2, 0) is 9.47 Å². The van der Waals surface area contributed by atoms with Crippen molar-refractivity contribution in [3.05, 3.63) is 17.5 Å². The zero-order chi connectivity index (χ0) is 14.4. The average molecular weight is 292 g/mol. The van der Waals surface area contributed by atoms with Gasteiger partial charge in [0.1, 0.15) is 11.9 Å². The SMILES string of the molecule is CO[C@@H]1CC[C@H]2[C@H]1OCCN2C(=O)c1cc(C2CC2)on1.